The second-order valence-electron chi connectivity index (χ2n) is 9.32. The smallest absolute Gasteiger partial charge is 0.185 e. The molecule has 0 bridgehead atoms. The van der Waals surface area contributed by atoms with Crippen molar-refractivity contribution < 1.29 is 38.1 Å². The van der Waals surface area contributed by atoms with E-state index in [2.05, 4.69) is 18.8 Å². The van der Waals surface area contributed by atoms with Crippen molar-refractivity contribution in [2.45, 2.75) is 69.9 Å². The van der Waals surface area contributed by atoms with Crippen LogP contribution in [-0.2, 0) is 19.1 Å². The Bertz CT molecular complexity index is 1170. The quantitative estimate of drug-likeness (QED) is 0.571. The fourth-order valence-corrected chi connectivity index (χ4v) is 4.95. The SMILES string of the molecule is CCCC1CCC(c2ccc(C#Cc3ccc(C4O[C@@H](C(=O)[O-])[C@H](C(=O)[O-])O4)cc3F)c(F)c2)CC1. The molecule has 2 aromatic carbocycles. The molecule has 1 aliphatic carbocycles. The zero-order valence-electron chi connectivity index (χ0n) is 19.8. The van der Waals surface area contributed by atoms with Gasteiger partial charge in [0.05, 0.1) is 23.1 Å². The van der Waals surface area contributed by atoms with Crippen LogP contribution in [-0.4, -0.2) is 24.1 Å². The summed E-state index contributed by atoms with van der Waals surface area (Å²) in [4.78, 5) is 22.2. The predicted octanol–water partition coefficient (Wildman–Crippen LogP) is 2.72. The summed E-state index contributed by atoms with van der Waals surface area (Å²) < 4.78 is 39.5. The number of ether oxygens (including phenoxy) is 2. The molecule has 0 spiro atoms. The van der Waals surface area contributed by atoms with Crippen molar-refractivity contribution in [3.05, 3.63) is 70.3 Å². The Morgan fingerprint density at radius 1 is 0.861 bits per heavy atom. The van der Waals surface area contributed by atoms with Gasteiger partial charge >= 0.3 is 0 Å². The van der Waals surface area contributed by atoms with Crippen molar-refractivity contribution in [3.63, 3.8) is 0 Å². The summed E-state index contributed by atoms with van der Waals surface area (Å²) >= 11 is 0. The minimum Gasteiger partial charge on any atom is -0.547 e. The minimum atomic E-state index is -1.89. The highest BCUT2D eigenvalue weighted by Gasteiger charge is 2.39. The molecular weight excluding hydrogens is 470 g/mol. The van der Waals surface area contributed by atoms with Gasteiger partial charge in [-0.05, 0) is 67.3 Å². The van der Waals surface area contributed by atoms with E-state index in [9.17, 15) is 28.6 Å². The first-order chi connectivity index (χ1) is 17.3. The van der Waals surface area contributed by atoms with Crippen LogP contribution in [0, 0.1) is 29.4 Å². The lowest BCUT2D eigenvalue weighted by Crippen LogP contribution is -2.49. The number of benzene rings is 2. The van der Waals surface area contributed by atoms with Gasteiger partial charge in [0, 0.05) is 5.56 Å². The number of carboxylic acid groups (broad SMARTS) is 2. The minimum absolute atomic E-state index is 0.0256. The van der Waals surface area contributed by atoms with Crippen molar-refractivity contribution in [1.29, 1.82) is 0 Å². The van der Waals surface area contributed by atoms with Crippen LogP contribution in [0.5, 0.6) is 0 Å². The van der Waals surface area contributed by atoms with Gasteiger partial charge < -0.3 is 29.3 Å². The molecule has 2 aromatic rings. The van der Waals surface area contributed by atoms with Crippen LogP contribution in [0.4, 0.5) is 8.78 Å². The maximum atomic E-state index is 14.7. The molecule has 0 amide bonds. The van der Waals surface area contributed by atoms with Crippen LogP contribution in [0.1, 0.15) is 79.9 Å². The van der Waals surface area contributed by atoms with E-state index in [-0.39, 0.29) is 16.7 Å². The van der Waals surface area contributed by atoms with Gasteiger partial charge in [0.15, 0.2) is 6.29 Å². The fraction of sp³-hybridized carbons (Fsp3) is 0.429. The van der Waals surface area contributed by atoms with Crippen LogP contribution in [0.15, 0.2) is 36.4 Å². The number of aliphatic carboxylic acids is 2. The highest BCUT2D eigenvalue weighted by molar-refractivity contribution is 5.82. The molecule has 2 fully saturated rings. The van der Waals surface area contributed by atoms with Crippen LogP contribution >= 0.6 is 0 Å². The summed E-state index contributed by atoms with van der Waals surface area (Å²) in [5.74, 6) is 1.56. The van der Waals surface area contributed by atoms with Crippen LogP contribution < -0.4 is 10.2 Å². The summed E-state index contributed by atoms with van der Waals surface area (Å²) in [7, 11) is 0. The molecule has 0 N–H and O–H groups in total. The third kappa shape index (κ3) is 5.75. The second kappa shape index (κ2) is 11.2. The molecule has 1 aliphatic heterocycles. The molecule has 0 unspecified atom stereocenters. The molecule has 2 atom stereocenters. The molecule has 190 valence electrons. The van der Waals surface area contributed by atoms with Crippen molar-refractivity contribution in [3.8, 4) is 11.8 Å². The van der Waals surface area contributed by atoms with E-state index in [0.717, 1.165) is 43.2 Å². The molecule has 2 aliphatic rings. The highest BCUT2D eigenvalue weighted by atomic mass is 19.1. The van der Waals surface area contributed by atoms with Gasteiger partial charge in [-0.3, -0.25) is 0 Å². The van der Waals surface area contributed by atoms with Crippen molar-refractivity contribution in [2.75, 3.05) is 0 Å². The van der Waals surface area contributed by atoms with E-state index in [1.54, 1.807) is 6.07 Å². The number of carbonyl (C=O) groups excluding carboxylic acids is 2. The molecule has 36 heavy (non-hydrogen) atoms. The van der Waals surface area contributed by atoms with Crippen LogP contribution in [0.25, 0.3) is 0 Å². The lowest BCUT2D eigenvalue weighted by atomic mass is 9.77. The van der Waals surface area contributed by atoms with Crippen LogP contribution in [0.3, 0.4) is 0 Å². The molecule has 0 aromatic heterocycles. The summed E-state index contributed by atoms with van der Waals surface area (Å²) in [6.45, 7) is 2.20. The van der Waals surface area contributed by atoms with Crippen molar-refractivity contribution >= 4 is 11.9 Å². The van der Waals surface area contributed by atoms with Crippen molar-refractivity contribution in [2.24, 2.45) is 5.92 Å². The first-order valence-corrected chi connectivity index (χ1v) is 12.1. The van der Waals surface area contributed by atoms with E-state index in [1.165, 1.54) is 31.0 Å². The second-order valence-corrected chi connectivity index (χ2v) is 9.32. The van der Waals surface area contributed by atoms with E-state index >= 15 is 0 Å². The molecule has 4 rings (SSSR count). The number of hydrogen-bond acceptors (Lipinski definition) is 6. The molecule has 8 heteroatoms. The Labute approximate surface area is 208 Å². The van der Waals surface area contributed by atoms with Gasteiger partial charge in [-0.25, -0.2) is 8.78 Å². The van der Waals surface area contributed by atoms with Crippen LogP contribution in [0.2, 0.25) is 0 Å². The number of carboxylic acids is 2. The largest absolute Gasteiger partial charge is 0.547 e. The zero-order valence-corrected chi connectivity index (χ0v) is 19.8. The maximum Gasteiger partial charge on any atom is 0.185 e. The van der Waals surface area contributed by atoms with Gasteiger partial charge in [-0.2, -0.15) is 0 Å². The molecule has 1 saturated heterocycles. The first kappa shape index (κ1) is 25.8. The average molecular weight is 497 g/mol. The zero-order chi connectivity index (χ0) is 25.8. The maximum absolute atomic E-state index is 14.7. The Morgan fingerprint density at radius 2 is 1.36 bits per heavy atom. The number of halogens is 2. The van der Waals surface area contributed by atoms with E-state index in [1.807, 2.05) is 6.07 Å². The molecule has 0 radical (unpaired) electrons. The number of carbonyl (C=O) groups is 2. The monoisotopic (exact) mass is 496 g/mol. The lowest BCUT2D eigenvalue weighted by Gasteiger charge is -2.28. The van der Waals surface area contributed by atoms with Gasteiger partial charge in [0.2, 0.25) is 0 Å². The normalized spacial score (nSPS) is 24.2. The van der Waals surface area contributed by atoms with E-state index in [4.69, 9.17) is 9.47 Å². The summed E-state index contributed by atoms with van der Waals surface area (Å²) in [6, 6.07) is 8.66. The Balaban J connectivity index is 1.44. The third-order valence-electron chi connectivity index (χ3n) is 6.89. The molecule has 6 nitrogen and oxygen atoms in total. The Morgan fingerprint density at radius 3 is 1.83 bits per heavy atom. The fourth-order valence-electron chi connectivity index (χ4n) is 4.95. The highest BCUT2D eigenvalue weighted by Crippen LogP contribution is 2.38. The average Bonchev–Trinajstić information content (AvgIpc) is 3.31. The van der Waals surface area contributed by atoms with Crippen molar-refractivity contribution in [1.82, 2.24) is 0 Å². The first-order valence-electron chi connectivity index (χ1n) is 12.1. The Kier molecular flexibility index (Phi) is 8.02. The molecule has 1 heterocycles. The van der Waals surface area contributed by atoms with Gasteiger partial charge in [-0.15, -0.1) is 0 Å². The van der Waals surface area contributed by atoms with E-state index < -0.39 is 42.1 Å². The lowest BCUT2D eigenvalue weighted by molar-refractivity contribution is -0.327. The van der Waals surface area contributed by atoms with E-state index in [0.29, 0.717) is 5.92 Å². The Hall–Kier alpha value is -3.28. The van der Waals surface area contributed by atoms with Gasteiger partial charge in [0.25, 0.3) is 0 Å². The van der Waals surface area contributed by atoms with Gasteiger partial charge in [-0.1, -0.05) is 43.7 Å². The van der Waals surface area contributed by atoms with Gasteiger partial charge in [0.1, 0.15) is 23.8 Å². The summed E-state index contributed by atoms with van der Waals surface area (Å²) in [6.07, 6.45) is 1.64. The number of hydrogen-bond donors (Lipinski definition) is 0. The predicted molar refractivity (Wildman–Crippen MR) is 121 cm³/mol. The topological polar surface area (TPSA) is 98.7 Å². The number of rotatable bonds is 6. The third-order valence-corrected chi connectivity index (χ3v) is 6.89. The summed E-state index contributed by atoms with van der Waals surface area (Å²) in [5.41, 5.74) is 1.14. The molecular formula is C28H26F2O6-2. The molecule has 1 saturated carbocycles. The summed E-state index contributed by atoms with van der Waals surface area (Å²) in [5, 5.41) is 22.2. The standard InChI is InChI=1S/C28H28F2O6/c1-2-3-16-4-6-17(7-5-16)20-12-10-18(22(29)14-20)8-9-19-11-13-21(15-23(19)30)28-35-24(26(31)32)25(36-28)27(33)34/h10-17,24-25,28H,2-7H2,1H3,(H,31,32)(H,33,34)/p-2/t16?,17?,24-,25-/m1/s1.